The van der Waals surface area contributed by atoms with Crippen LogP contribution in [0, 0.1) is 5.82 Å². The molecule has 0 fully saturated rings. The van der Waals surface area contributed by atoms with Crippen LogP contribution in [-0.2, 0) is 22.5 Å². The number of ether oxygens (including phenoxy) is 1. The van der Waals surface area contributed by atoms with E-state index in [1.165, 1.54) is 30.0 Å². The lowest BCUT2D eigenvalue weighted by Gasteiger charge is -2.07. The fourth-order valence-electron chi connectivity index (χ4n) is 2.60. The average Bonchev–Trinajstić information content (AvgIpc) is 3.07. The van der Waals surface area contributed by atoms with Gasteiger partial charge in [-0.05, 0) is 42.0 Å². The number of benzene rings is 2. The van der Waals surface area contributed by atoms with Crippen molar-refractivity contribution in [3.8, 4) is 5.69 Å². The first-order chi connectivity index (χ1) is 13.5. The molecule has 1 aromatic heterocycles. The van der Waals surface area contributed by atoms with E-state index in [0.717, 1.165) is 5.56 Å². The van der Waals surface area contributed by atoms with Crippen molar-refractivity contribution >= 4 is 11.9 Å². The second kappa shape index (κ2) is 8.34. The van der Waals surface area contributed by atoms with E-state index >= 15 is 0 Å². The van der Waals surface area contributed by atoms with Gasteiger partial charge in [-0.3, -0.25) is 19.5 Å². The van der Waals surface area contributed by atoms with E-state index in [4.69, 9.17) is 0 Å². The zero-order chi connectivity index (χ0) is 20.1. The number of nitrogens with zero attached hydrogens (tertiary/aromatic N) is 1. The lowest BCUT2D eigenvalue weighted by Crippen LogP contribution is -2.23. The molecule has 8 heteroatoms. The second-order valence-electron chi connectivity index (χ2n) is 6.06. The molecule has 0 aliphatic rings. The van der Waals surface area contributed by atoms with Crippen LogP contribution in [0.3, 0.4) is 0 Å². The maximum Gasteiger partial charge on any atom is 0.311 e. The molecule has 0 spiro atoms. The molecule has 0 bridgehead atoms. The van der Waals surface area contributed by atoms with Crippen molar-refractivity contribution in [3.63, 3.8) is 0 Å². The smallest absolute Gasteiger partial charge is 0.311 e. The number of aromatic amines is 1. The topological polar surface area (TPSA) is 93.2 Å². The van der Waals surface area contributed by atoms with Gasteiger partial charge in [0.1, 0.15) is 5.82 Å². The van der Waals surface area contributed by atoms with Gasteiger partial charge in [0.15, 0.2) is 0 Å². The summed E-state index contributed by atoms with van der Waals surface area (Å²) in [5.74, 6) is -1.08. The average molecular weight is 383 g/mol. The Labute approximate surface area is 159 Å². The predicted octanol–water partition coefficient (Wildman–Crippen LogP) is 1.95. The molecule has 144 valence electrons. The number of methoxy groups -OCH3 is 1. The van der Waals surface area contributed by atoms with Crippen LogP contribution in [0.1, 0.15) is 21.6 Å². The Morgan fingerprint density at radius 2 is 1.79 bits per heavy atom. The highest BCUT2D eigenvalue weighted by atomic mass is 19.1. The summed E-state index contributed by atoms with van der Waals surface area (Å²) in [6.45, 7) is 0.272. The van der Waals surface area contributed by atoms with E-state index in [1.807, 2.05) is 0 Å². The molecule has 1 amide bonds. The van der Waals surface area contributed by atoms with Crippen LogP contribution in [0.4, 0.5) is 4.39 Å². The van der Waals surface area contributed by atoms with Crippen LogP contribution in [0.15, 0.2) is 59.4 Å². The van der Waals surface area contributed by atoms with E-state index in [0.29, 0.717) is 16.9 Å². The quantitative estimate of drug-likeness (QED) is 0.637. The normalized spacial score (nSPS) is 10.5. The molecule has 0 radical (unpaired) electrons. The van der Waals surface area contributed by atoms with Crippen LogP contribution < -0.4 is 10.9 Å². The van der Waals surface area contributed by atoms with Crippen LogP contribution in [0.2, 0.25) is 0 Å². The van der Waals surface area contributed by atoms with E-state index in [2.05, 4.69) is 15.2 Å². The number of amides is 1. The summed E-state index contributed by atoms with van der Waals surface area (Å²) in [5, 5.41) is 5.58. The van der Waals surface area contributed by atoms with Gasteiger partial charge >= 0.3 is 5.97 Å². The van der Waals surface area contributed by atoms with Gasteiger partial charge in [0.05, 0.1) is 19.2 Å². The summed E-state index contributed by atoms with van der Waals surface area (Å²) >= 11 is 0. The second-order valence-corrected chi connectivity index (χ2v) is 6.06. The van der Waals surface area contributed by atoms with Crippen LogP contribution in [0.5, 0.6) is 0 Å². The van der Waals surface area contributed by atoms with Crippen molar-refractivity contribution in [1.29, 1.82) is 0 Å². The number of nitrogens with one attached hydrogen (secondary N) is 2. The molecule has 0 saturated heterocycles. The van der Waals surface area contributed by atoms with Gasteiger partial charge in [-0.25, -0.2) is 9.07 Å². The van der Waals surface area contributed by atoms with E-state index in [-0.39, 0.29) is 30.2 Å². The number of halogens is 1. The lowest BCUT2D eigenvalue weighted by molar-refractivity contribution is -0.139. The highest BCUT2D eigenvalue weighted by Gasteiger charge is 2.11. The van der Waals surface area contributed by atoms with Crippen molar-refractivity contribution in [3.05, 3.63) is 87.6 Å². The fourth-order valence-corrected chi connectivity index (χ4v) is 2.60. The summed E-state index contributed by atoms with van der Waals surface area (Å²) in [6.07, 6.45) is -0.0391. The molecular weight excluding hydrogens is 365 g/mol. The fraction of sp³-hybridized carbons (Fsp3) is 0.150. The number of esters is 1. The Balaban J connectivity index is 1.67. The molecule has 0 aliphatic heterocycles. The summed E-state index contributed by atoms with van der Waals surface area (Å²) in [4.78, 5) is 35.7. The first-order valence-corrected chi connectivity index (χ1v) is 8.47. The van der Waals surface area contributed by atoms with Crippen LogP contribution in [-0.4, -0.2) is 28.8 Å². The van der Waals surface area contributed by atoms with E-state index in [9.17, 15) is 18.8 Å². The number of rotatable bonds is 6. The highest BCUT2D eigenvalue weighted by molar-refractivity contribution is 5.94. The molecule has 0 unspecified atom stereocenters. The number of hydrogen-bond donors (Lipinski definition) is 2. The maximum atomic E-state index is 12.9. The van der Waals surface area contributed by atoms with Gasteiger partial charge < -0.3 is 10.1 Å². The standard InChI is InChI=1S/C20H18FN3O4/c1-28-19(26)11-16-10-18(25)24(23-16)17-8-4-14(5-9-17)20(27)22-12-13-2-6-15(21)7-3-13/h2-10,23H,11-12H2,1H3,(H,22,27). The van der Waals surface area contributed by atoms with Crippen molar-refractivity contribution in [2.75, 3.05) is 7.11 Å². The Kier molecular flexibility index (Phi) is 5.69. The predicted molar refractivity (Wildman–Crippen MR) is 99.7 cm³/mol. The van der Waals surface area contributed by atoms with Gasteiger partial charge in [0, 0.05) is 23.9 Å². The van der Waals surface area contributed by atoms with Crippen LogP contribution >= 0.6 is 0 Å². The molecule has 28 heavy (non-hydrogen) atoms. The Morgan fingerprint density at radius 1 is 1.11 bits per heavy atom. The molecular formula is C20H18FN3O4. The highest BCUT2D eigenvalue weighted by Crippen LogP contribution is 2.09. The summed E-state index contributed by atoms with van der Waals surface area (Å²) in [6, 6.07) is 13.6. The number of hydrogen-bond acceptors (Lipinski definition) is 4. The van der Waals surface area contributed by atoms with Crippen LogP contribution in [0.25, 0.3) is 5.69 Å². The first-order valence-electron chi connectivity index (χ1n) is 8.47. The number of H-pyrrole nitrogens is 1. The number of carbonyl (C=O) groups excluding carboxylic acids is 2. The van der Waals surface area contributed by atoms with Gasteiger partial charge in [-0.2, -0.15) is 0 Å². The van der Waals surface area contributed by atoms with Crippen molar-refractivity contribution in [1.82, 2.24) is 15.1 Å². The summed E-state index contributed by atoms with van der Waals surface area (Å²) in [7, 11) is 1.28. The molecule has 7 nitrogen and oxygen atoms in total. The third-order valence-electron chi connectivity index (χ3n) is 4.09. The molecule has 3 rings (SSSR count). The molecule has 2 N–H and O–H groups in total. The van der Waals surface area contributed by atoms with Crippen molar-refractivity contribution < 1.29 is 18.7 Å². The third kappa shape index (κ3) is 4.53. The van der Waals surface area contributed by atoms with Gasteiger partial charge in [-0.15, -0.1) is 0 Å². The molecule has 3 aromatic rings. The summed E-state index contributed by atoms with van der Waals surface area (Å²) in [5.41, 5.74) is 1.82. The minimum atomic E-state index is -0.457. The molecule has 1 heterocycles. The van der Waals surface area contributed by atoms with Gasteiger partial charge in [0.25, 0.3) is 11.5 Å². The number of carbonyl (C=O) groups is 2. The first kappa shape index (κ1) is 19.1. The molecule has 0 atom stereocenters. The monoisotopic (exact) mass is 383 g/mol. The Bertz CT molecular complexity index is 1040. The van der Waals surface area contributed by atoms with Crippen molar-refractivity contribution in [2.24, 2.45) is 0 Å². The third-order valence-corrected chi connectivity index (χ3v) is 4.09. The SMILES string of the molecule is COC(=O)Cc1cc(=O)n(-c2ccc(C(=O)NCc3ccc(F)cc3)cc2)[nH]1. The van der Waals surface area contributed by atoms with Crippen molar-refractivity contribution in [2.45, 2.75) is 13.0 Å². The zero-order valence-corrected chi connectivity index (χ0v) is 15.1. The zero-order valence-electron chi connectivity index (χ0n) is 15.1. The summed E-state index contributed by atoms with van der Waals surface area (Å²) < 4.78 is 18.8. The minimum Gasteiger partial charge on any atom is -0.469 e. The maximum absolute atomic E-state index is 12.9. The molecule has 0 saturated carbocycles. The Hall–Kier alpha value is -3.68. The Morgan fingerprint density at radius 3 is 2.43 bits per heavy atom. The van der Waals surface area contributed by atoms with Gasteiger partial charge in [-0.1, -0.05) is 12.1 Å². The minimum absolute atomic E-state index is 0.0391. The number of aromatic nitrogens is 2. The molecule has 0 aliphatic carbocycles. The molecule has 2 aromatic carbocycles. The largest absolute Gasteiger partial charge is 0.469 e. The van der Waals surface area contributed by atoms with E-state index < -0.39 is 5.97 Å². The van der Waals surface area contributed by atoms with E-state index in [1.54, 1.807) is 36.4 Å². The van der Waals surface area contributed by atoms with Gasteiger partial charge in [0.2, 0.25) is 0 Å². The lowest BCUT2D eigenvalue weighted by atomic mass is 10.1.